The fourth-order valence-corrected chi connectivity index (χ4v) is 0.930. The van der Waals surface area contributed by atoms with Crippen LogP contribution >= 0.6 is 0 Å². The predicted molar refractivity (Wildman–Crippen MR) is 50.1 cm³/mol. The van der Waals surface area contributed by atoms with Crippen LogP contribution in [0.3, 0.4) is 0 Å². The normalized spacial score (nSPS) is 8.00. The predicted octanol–water partition coefficient (Wildman–Crippen LogP) is 1.96. The highest BCUT2D eigenvalue weighted by Crippen LogP contribution is 2.11. The Morgan fingerprint density at radius 1 is 1.46 bits per heavy atom. The van der Waals surface area contributed by atoms with Gasteiger partial charge in [-0.2, -0.15) is 5.26 Å². The second kappa shape index (κ2) is 4.85. The molecule has 0 aromatic heterocycles. The maximum absolute atomic E-state index is 8.25. The van der Waals surface area contributed by atoms with Crippen molar-refractivity contribution in [1.82, 2.24) is 0 Å². The van der Waals surface area contributed by atoms with Crippen molar-refractivity contribution in [2.24, 2.45) is 0 Å². The molecule has 0 unspecified atom stereocenters. The third-order valence-corrected chi connectivity index (χ3v) is 1.41. The van der Waals surface area contributed by atoms with Crippen molar-refractivity contribution in [3.05, 3.63) is 29.8 Å². The molecule has 0 aliphatic rings. The summed E-state index contributed by atoms with van der Waals surface area (Å²) in [5.41, 5.74) is 0.799. The Balaban J connectivity index is 2.86. The van der Waals surface area contributed by atoms with Gasteiger partial charge in [0.1, 0.15) is 5.75 Å². The molecule has 0 fully saturated rings. The number of rotatable bonds is 2. The van der Waals surface area contributed by atoms with Crippen LogP contribution in [-0.2, 0) is 0 Å². The molecule has 0 N–H and O–H groups in total. The zero-order valence-electron chi connectivity index (χ0n) is 7.37. The minimum absolute atomic E-state index is 0.634. The molecule has 0 heterocycles. The maximum Gasteiger partial charge on any atom is 0.152 e. The van der Waals surface area contributed by atoms with Gasteiger partial charge in [0.15, 0.2) is 6.07 Å². The smallest absolute Gasteiger partial charge is 0.152 e. The number of ether oxygens (including phenoxy) is 1. The number of benzene rings is 1. The lowest BCUT2D eigenvalue weighted by Gasteiger charge is -2.01. The second-order valence-corrected chi connectivity index (χ2v) is 2.32. The van der Waals surface area contributed by atoms with E-state index in [1.165, 1.54) is 0 Å². The zero-order chi connectivity index (χ0) is 9.52. The fraction of sp³-hybridized carbons (Fsp3) is 0.182. The molecular formula is C11H9NO. The van der Waals surface area contributed by atoms with E-state index in [0.29, 0.717) is 6.61 Å². The summed E-state index contributed by atoms with van der Waals surface area (Å²) in [4.78, 5) is 0. The van der Waals surface area contributed by atoms with Crippen molar-refractivity contribution in [2.45, 2.75) is 6.92 Å². The van der Waals surface area contributed by atoms with Crippen LogP contribution in [0.5, 0.6) is 5.75 Å². The summed E-state index contributed by atoms with van der Waals surface area (Å²) >= 11 is 0. The lowest BCUT2D eigenvalue weighted by atomic mass is 10.2. The third-order valence-electron chi connectivity index (χ3n) is 1.41. The van der Waals surface area contributed by atoms with Crippen LogP contribution < -0.4 is 4.74 Å². The Morgan fingerprint density at radius 3 is 3.00 bits per heavy atom. The quantitative estimate of drug-likeness (QED) is 0.637. The van der Waals surface area contributed by atoms with E-state index in [1.54, 1.807) is 6.07 Å². The standard InChI is InChI=1S/C11H9NO/c1-2-13-11-7-3-5-10(9-11)6-4-8-12/h3,5,7,9H,2H2,1H3. The molecule has 64 valence electrons. The van der Waals surface area contributed by atoms with Crippen molar-refractivity contribution in [2.75, 3.05) is 6.61 Å². The van der Waals surface area contributed by atoms with E-state index < -0.39 is 0 Å². The largest absolute Gasteiger partial charge is 0.494 e. The van der Waals surface area contributed by atoms with E-state index >= 15 is 0 Å². The first-order chi connectivity index (χ1) is 6.36. The molecule has 0 amide bonds. The first-order valence-corrected chi connectivity index (χ1v) is 3.99. The number of hydrogen-bond donors (Lipinski definition) is 0. The van der Waals surface area contributed by atoms with Crippen molar-refractivity contribution in [3.63, 3.8) is 0 Å². The molecule has 13 heavy (non-hydrogen) atoms. The first-order valence-electron chi connectivity index (χ1n) is 3.99. The molecule has 0 atom stereocenters. The molecule has 0 bridgehead atoms. The van der Waals surface area contributed by atoms with Gasteiger partial charge < -0.3 is 4.74 Å². The number of nitriles is 1. The van der Waals surface area contributed by atoms with E-state index in [4.69, 9.17) is 10.00 Å². The number of hydrogen-bond acceptors (Lipinski definition) is 2. The Labute approximate surface area is 77.8 Å². The molecule has 0 radical (unpaired) electrons. The van der Waals surface area contributed by atoms with E-state index in [0.717, 1.165) is 11.3 Å². The van der Waals surface area contributed by atoms with Gasteiger partial charge in [0.05, 0.1) is 6.61 Å². The molecule has 0 saturated carbocycles. The highest BCUT2D eigenvalue weighted by atomic mass is 16.5. The van der Waals surface area contributed by atoms with Crippen LogP contribution in [0, 0.1) is 23.2 Å². The van der Waals surface area contributed by atoms with Gasteiger partial charge in [0.2, 0.25) is 0 Å². The Hall–Kier alpha value is -1.93. The van der Waals surface area contributed by atoms with E-state index in [1.807, 2.05) is 31.2 Å². The summed E-state index contributed by atoms with van der Waals surface area (Å²) in [6.07, 6.45) is 0. The maximum atomic E-state index is 8.25. The van der Waals surface area contributed by atoms with Gasteiger partial charge in [-0.25, -0.2) is 0 Å². The Morgan fingerprint density at radius 2 is 2.31 bits per heavy atom. The molecule has 2 heteroatoms. The second-order valence-electron chi connectivity index (χ2n) is 2.32. The first kappa shape index (κ1) is 9.16. The molecule has 1 aromatic carbocycles. The molecule has 1 rings (SSSR count). The highest BCUT2D eigenvalue weighted by Gasteiger charge is 1.91. The monoisotopic (exact) mass is 171 g/mol. The highest BCUT2D eigenvalue weighted by molar-refractivity contribution is 5.41. The van der Waals surface area contributed by atoms with Crippen molar-refractivity contribution >= 4 is 0 Å². The van der Waals surface area contributed by atoms with Crippen LogP contribution in [0.4, 0.5) is 0 Å². The third kappa shape index (κ3) is 2.89. The van der Waals surface area contributed by atoms with E-state index in [9.17, 15) is 0 Å². The minimum Gasteiger partial charge on any atom is -0.494 e. The minimum atomic E-state index is 0.634. The van der Waals surface area contributed by atoms with E-state index in [-0.39, 0.29) is 0 Å². The molecule has 2 nitrogen and oxygen atoms in total. The van der Waals surface area contributed by atoms with Gasteiger partial charge >= 0.3 is 0 Å². The summed E-state index contributed by atoms with van der Waals surface area (Å²) < 4.78 is 5.28. The van der Waals surface area contributed by atoms with Crippen molar-refractivity contribution in [3.8, 4) is 23.7 Å². The van der Waals surface area contributed by atoms with Gasteiger partial charge in [-0.1, -0.05) is 12.0 Å². The molecular weight excluding hydrogens is 162 g/mol. The topological polar surface area (TPSA) is 33.0 Å². The van der Waals surface area contributed by atoms with Crippen molar-refractivity contribution < 1.29 is 4.74 Å². The van der Waals surface area contributed by atoms with Gasteiger partial charge in [0.25, 0.3) is 0 Å². The molecule has 0 saturated heterocycles. The molecule has 0 aliphatic heterocycles. The summed E-state index contributed by atoms with van der Waals surface area (Å²) in [6, 6.07) is 9.13. The van der Waals surface area contributed by atoms with Gasteiger partial charge in [0, 0.05) is 11.5 Å². The summed E-state index contributed by atoms with van der Waals surface area (Å²) in [7, 11) is 0. The lowest BCUT2D eigenvalue weighted by Crippen LogP contribution is -1.90. The Kier molecular flexibility index (Phi) is 3.42. The van der Waals surface area contributed by atoms with Crippen molar-refractivity contribution in [1.29, 1.82) is 5.26 Å². The number of nitrogens with zero attached hydrogens (tertiary/aromatic N) is 1. The molecule has 0 aliphatic carbocycles. The van der Waals surface area contributed by atoms with Gasteiger partial charge in [-0.3, -0.25) is 0 Å². The average molecular weight is 171 g/mol. The van der Waals surface area contributed by atoms with Crippen LogP contribution in [0.1, 0.15) is 12.5 Å². The zero-order valence-corrected chi connectivity index (χ0v) is 7.37. The molecule has 0 spiro atoms. The van der Waals surface area contributed by atoms with Gasteiger partial charge in [-0.15, -0.1) is 0 Å². The fourth-order valence-electron chi connectivity index (χ4n) is 0.930. The SMILES string of the molecule is CCOc1cccc(C#CC#N)c1. The summed E-state index contributed by atoms with van der Waals surface area (Å²) in [5.74, 6) is 5.82. The van der Waals surface area contributed by atoms with Crippen LogP contribution in [0.2, 0.25) is 0 Å². The van der Waals surface area contributed by atoms with Gasteiger partial charge in [-0.05, 0) is 25.1 Å². The summed E-state index contributed by atoms with van der Waals surface area (Å²) in [6.45, 7) is 2.56. The average Bonchev–Trinajstić information content (AvgIpc) is 2.16. The lowest BCUT2D eigenvalue weighted by molar-refractivity contribution is 0.340. The van der Waals surface area contributed by atoms with Crippen LogP contribution in [0.25, 0.3) is 0 Å². The van der Waals surface area contributed by atoms with Crippen LogP contribution in [-0.4, -0.2) is 6.61 Å². The Bertz CT molecular complexity index is 379. The summed E-state index contributed by atoms with van der Waals surface area (Å²) in [5, 5.41) is 8.25. The molecule has 1 aromatic rings. The van der Waals surface area contributed by atoms with Crippen LogP contribution in [0.15, 0.2) is 24.3 Å². The van der Waals surface area contributed by atoms with E-state index in [2.05, 4.69) is 11.8 Å².